The second kappa shape index (κ2) is 8.21. The third-order valence-electron chi connectivity index (χ3n) is 3.65. The van der Waals surface area contributed by atoms with Crippen LogP contribution in [0, 0.1) is 6.92 Å². The molecule has 0 saturated carbocycles. The Balaban J connectivity index is 1.66. The van der Waals surface area contributed by atoms with Crippen molar-refractivity contribution >= 4 is 35.0 Å². The molecule has 3 rings (SSSR count). The lowest BCUT2D eigenvalue weighted by molar-refractivity contribution is 0.320. The number of hydrogen-bond donors (Lipinski definition) is 2. The highest BCUT2D eigenvalue weighted by molar-refractivity contribution is 6.31. The molecule has 0 aliphatic heterocycles. The van der Waals surface area contributed by atoms with Gasteiger partial charge in [-0.2, -0.15) is 4.98 Å². The molecule has 2 aromatic heterocycles. The van der Waals surface area contributed by atoms with Gasteiger partial charge in [-0.25, -0.2) is 9.97 Å². The number of anilines is 2. The molecule has 0 amide bonds. The standard InChI is InChI=1S/C18H17Cl2N5O/c1-11-13(3-2-4-14(11)20)15-9-16(25-18(21)24-15)22-7-8-26-17-6-5-12(19)10-23-17/h2-6,9-10H,7-8H2,1H3,(H3,21,22,24,25). The van der Waals surface area contributed by atoms with Crippen LogP contribution in [0.1, 0.15) is 5.56 Å². The fraction of sp³-hybridized carbons (Fsp3) is 0.167. The van der Waals surface area contributed by atoms with Crippen molar-refractivity contribution in [3.8, 4) is 17.1 Å². The van der Waals surface area contributed by atoms with Gasteiger partial charge in [0.1, 0.15) is 12.4 Å². The number of nitrogens with one attached hydrogen (secondary N) is 1. The molecule has 0 spiro atoms. The summed E-state index contributed by atoms with van der Waals surface area (Å²) in [4.78, 5) is 12.6. The second-order valence-corrected chi connectivity index (χ2v) is 6.34. The predicted octanol–water partition coefficient (Wildman–Crippen LogP) is 4.23. The molecular weight excluding hydrogens is 373 g/mol. The van der Waals surface area contributed by atoms with Gasteiger partial charge in [0.05, 0.1) is 17.3 Å². The lowest BCUT2D eigenvalue weighted by Crippen LogP contribution is -2.13. The van der Waals surface area contributed by atoms with Crippen molar-refractivity contribution < 1.29 is 4.74 Å². The first-order valence-corrected chi connectivity index (χ1v) is 8.67. The Morgan fingerprint density at radius 3 is 2.77 bits per heavy atom. The monoisotopic (exact) mass is 389 g/mol. The van der Waals surface area contributed by atoms with Crippen molar-refractivity contribution in [1.82, 2.24) is 15.0 Å². The van der Waals surface area contributed by atoms with E-state index < -0.39 is 0 Å². The van der Waals surface area contributed by atoms with Crippen molar-refractivity contribution in [2.24, 2.45) is 0 Å². The van der Waals surface area contributed by atoms with Gasteiger partial charge in [-0.15, -0.1) is 0 Å². The largest absolute Gasteiger partial charge is 0.476 e. The third-order valence-corrected chi connectivity index (χ3v) is 4.28. The average molecular weight is 390 g/mol. The highest BCUT2D eigenvalue weighted by atomic mass is 35.5. The Labute approximate surface area is 161 Å². The summed E-state index contributed by atoms with van der Waals surface area (Å²) in [7, 11) is 0. The van der Waals surface area contributed by atoms with E-state index in [4.69, 9.17) is 33.7 Å². The first kappa shape index (κ1) is 18.2. The van der Waals surface area contributed by atoms with Gasteiger partial charge in [-0.1, -0.05) is 35.3 Å². The maximum absolute atomic E-state index is 6.19. The molecule has 26 heavy (non-hydrogen) atoms. The SMILES string of the molecule is Cc1c(Cl)cccc1-c1cc(NCCOc2ccc(Cl)cn2)nc(N)n1. The van der Waals surface area contributed by atoms with Gasteiger partial charge in [0.2, 0.25) is 11.8 Å². The number of hydrogen-bond acceptors (Lipinski definition) is 6. The minimum Gasteiger partial charge on any atom is -0.476 e. The minimum absolute atomic E-state index is 0.185. The molecule has 0 aliphatic rings. The van der Waals surface area contributed by atoms with Crippen LogP contribution in [0.2, 0.25) is 10.0 Å². The van der Waals surface area contributed by atoms with Gasteiger partial charge in [0, 0.05) is 28.9 Å². The van der Waals surface area contributed by atoms with Crippen LogP contribution in [0.25, 0.3) is 11.3 Å². The zero-order chi connectivity index (χ0) is 18.5. The number of nitrogen functional groups attached to an aromatic ring is 1. The van der Waals surface area contributed by atoms with Gasteiger partial charge in [-0.3, -0.25) is 0 Å². The molecule has 8 heteroatoms. The molecule has 3 aromatic rings. The summed E-state index contributed by atoms with van der Waals surface area (Å²) < 4.78 is 5.54. The first-order valence-electron chi connectivity index (χ1n) is 7.91. The number of pyridine rings is 1. The van der Waals surface area contributed by atoms with E-state index in [2.05, 4.69) is 20.3 Å². The van der Waals surface area contributed by atoms with Gasteiger partial charge >= 0.3 is 0 Å². The molecule has 0 aliphatic carbocycles. The quantitative estimate of drug-likeness (QED) is 0.613. The van der Waals surface area contributed by atoms with E-state index in [9.17, 15) is 0 Å². The maximum atomic E-state index is 6.19. The average Bonchev–Trinajstić information content (AvgIpc) is 2.62. The van der Waals surface area contributed by atoms with E-state index in [1.54, 1.807) is 12.1 Å². The van der Waals surface area contributed by atoms with Crippen LogP contribution in [-0.4, -0.2) is 28.1 Å². The number of aromatic nitrogens is 3. The number of nitrogens with zero attached hydrogens (tertiary/aromatic N) is 3. The first-order chi connectivity index (χ1) is 12.5. The number of nitrogens with two attached hydrogens (primary N) is 1. The van der Waals surface area contributed by atoms with E-state index >= 15 is 0 Å². The van der Waals surface area contributed by atoms with Gasteiger partial charge in [0.25, 0.3) is 0 Å². The summed E-state index contributed by atoms with van der Waals surface area (Å²) in [6.45, 7) is 2.87. The van der Waals surface area contributed by atoms with E-state index in [1.807, 2.05) is 31.2 Å². The van der Waals surface area contributed by atoms with Crippen LogP contribution < -0.4 is 15.8 Å². The normalized spacial score (nSPS) is 10.6. The molecule has 0 bridgehead atoms. The lowest BCUT2D eigenvalue weighted by atomic mass is 10.1. The molecule has 3 N–H and O–H groups in total. The molecule has 134 valence electrons. The third kappa shape index (κ3) is 4.53. The lowest BCUT2D eigenvalue weighted by Gasteiger charge is -2.11. The van der Waals surface area contributed by atoms with Crippen LogP contribution in [0.4, 0.5) is 11.8 Å². The summed E-state index contributed by atoms with van der Waals surface area (Å²) in [5.41, 5.74) is 8.41. The Bertz CT molecular complexity index is 903. The molecule has 6 nitrogen and oxygen atoms in total. The van der Waals surface area contributed by atoms with Crippen molar-refractivity contribution in [3.05, 3.63) is 58.2 Å². The van der Waals surface area contributed by atoms with E-state index in [0.717, 1.165) is 11.1 Å². The molecule has 1 aromatic carbocycles. The number of rotatable bonds is 6. The van der Waals surface area contributed by atoms with Crippen LogP contribution in [0.15, 0.2) is 42.6 Å². The number of benzene rings is 1. The molecular formula is C18H17Cl2N5O. The predicted molar refractivity (Wildman–Crippen MR) is 105 cm³/mol. The van der Waals surface area contributed by atoms with Crippen LogP contribution in [-0.2, 0) is 0 Å². The highest BCUT2D eigenvalue weighted by Gasteiger charge is 2.09. The molecule has 0 unspecified atom stereocenters. The van der Waals surface area contributed by atoms with Crippen LogP contribution in [0.3, 0.4) is 0 Å². The van der Waals surface area contributed by atoms with E-state index in [-0.39, 0.29) is 5.95 Å². The van der Waals surface area contributed by atoms with Crippen molar-refractivity contribution in [2.45, 2.75) is 6.92 Å². The Hall–Kier alpha value is -2.57. The Kier molecular flexibility index (Phi) is 5.75. The summed E-state index contributed by atoms with van der Waals surface area (Å²) >= 11 is 12.0. The van der Waals surface area contributed by atoms with Crippen molar-refractivity contribution in [1.29, 1.82) is 0 Å². The summed E-state index contributed by atoms with van der Waals surface area (Å²) in [5, 5.41) is 4.41. The fourth-order valence-electron chi connectivity index (χ4n) is 2.36. The summed E-state index contributed by atoms with van der Waals surface area (Å²) in [6, 6.07) is 10.9. The number of ether oxygens (including phenoxy) is 1. The topological polar surface area (TPSA) is 86.0 Å². The minimum atomic E-state index is 0.185. The zero-order valence-corrected chi connectivity index (χ0v) is 15.6. The zero-order valence-electron chi connectivity index (χ0n) is 14.0. The van der Waals surface area contributed by atoms with Crippen LogP contribution >= 0.6 is 23.2 Å². The maximum Gasteiger partial charge on any atom is 0.222 e. The molecule has 0 saturated heterocycles. The summed E-state index contributed by atoms with van der Waals surface area (Å²) in [6.07, 6.45) is 1.54. The second-order valence-electron chi connectivity index (χ2n) is 5.50. The van der Waals surface area contributed by atoms with Crippen molar-refractivity contribution in [2.75, 3.05) is 24.2 Å². The van der Waals surface area contributed by atoms with E-state index in [0.29, 0.717) is 40.6 Å². The molecule has 2 heterocycles. The van der Waals surface area contributed by atoms with Gasteiger partial charge in [0.15, 0.2) is 0 Å². The molecule has 0 atom stereocenters. The summed E-state index contributed by atoms with van der Waals surface area (Å²) in [5.74, 6) is 1.30. The molecule has 0 radical (unpaired) electrons. The Morgan fingerprint density at radius 1 is 1.15 bits per heavy atom. The van der Waals surface area contributed by atoms with Gasteiger partial charge < -0.3 is 15.8 Å². The Morgan fingerprint density at radius 2 is 2.00 bits per heavy atom. The molecule has 0 fully saturated rings. The van der Waals surface area contributed by atoms with Crippen LogP contribution in [0.5, 0.6) is 5.88 Å². The smallest absolute Gasteiger partial charge is 0.222 e. The van der Waals surface area contributed by atoms with E-state index in [1.165, 1.54) is 6.20 Å². The number of halogens is 2. The highest BCUT2D eigenvalue weighted by Crippen LogP contribution is 2.28. The fourth-order valence-corrected chi connectivity index (χ4v) is 2.65. The van der Waals surface area contributed by atoms with Gasteiger partial charge in [-0.05, 0) is 24.6 Å². The van der Waals surface area contributed by atoms with Crippen molar-refractivity contribution in [3.63, 3.8) is 0 Å².